The second-order valence-corrected chi connectivity index (χ2v) is 8.25. The summed E-state index contributed by atoms with van der Waals surface area (Å²) in [5.74, 6) is -0.533. The van der Waals surface area contributed by atoms with E-state index in [9.17, 15) is 9.59 Å². The molecule has 1 amide bonds. The first kappa shape index (κ1) is 17.7. The van der Waals surface area contributed by atoms with Crippen molar-refractivity contribution in [2.24, 2.45) is 5.73 Å². The second-order valence-electron chi connectivity index (χ2n) is 7.25. The quantitative estimate of drug-likeness (QED) is 0.480. The molecule has 148 valence electrons. The number of nitrogen functional groups attached to an aromatic ring is 1. The highest BCUT2D eigenvalue weighted by Crippen LogP contribution is 2.39. The number of para-hydroxylation sites is 2. The van der Waals surface area contributed by atoms with Gasteiger partial charge in [0.05, 0.1) is 27.8 Å². The summed E-state index contributed by atoms with van der Waals surface area (Å²) in [7, 11) is 0. The molecule has 0 radical (unpaired) electrons. The summed E-state index contributed by atoms with van der Waals surface area (Å²) >= 11 is 1.23. The molecule has 0 spiro atoms. The molecule has 9 heteroatoms. The number of hydrogen-bond acceptors (Lipinski definition) is 6. The first-order valence-electron chi connectivity index (χ1n) is 9.45. The number of thiophene rings is 1. The maximum atomic E-state index is 12.5. The average molecular weight is 408 g/mol. The van der Waals surface area contributed by atoms with Crippen molar-refractivity contribution in [3.05, 3.63) is 51.9 Å². The standard InChI is InChI=1S/C20H20N6O2S/c21-16-15-14(5-8-23-19(15)29-17(16)18(22)27)25-9-6-11(7-10-25)26-13-4-2-1-3-12(13)24-20(26)28/h1-5,8,11H,6-7,9-10,21H2,(H2,22,27)(H,24,28). The number of imidazole rings is 1. The fourth-order valence-electron chi connectivity index (χ4n) is 4.28. The van der Waals surface area contributed by atoms with E-state index < -0.39 is 5.91 Å². The van der Waals surface area contributed by atoms with Gasteiger partial charge in [-0.1, -0.05) is 12.1 Å². The first-order chi connectivity index (χ1) is 14.0. The van der Waals surface area contributed by atoms with Crippen LogP contribution in [0.15, 0.2) is 41.3 Å². The molecule has 5 rings (SSSR count). The van der Waals surface area contributed by atoms with E-state index in [1.165, 1.54) is 11.3 Å². The number of nitrogens with zero attached hydrogens (tertiary/aromatic N) is 3. The van der Waals surface area contributed by atoms with Gasteiger partial charge in [0.1, 0.15) is 9.71 Å². The van der Waals surface area contributed by atoms with E-state index in [0.717, 1.165) is 48.0 Å². The molecular formula is C20H20N6O2S. The lowest BCUT2D eigenvalue weighted by Crippen LogP contribution is -2.37. The summed E-state index contributed by atoms with van der Waals surface area (Å²) in [4.78, 5) is 34.8. The Morgan fingerprint density at radius 2 is 1.97 bits per heavy atom. The zero-order chi connectivity index (χ0) is 20.1. The van der Waals surface area contributed by atoms with E-state index in [1.807, 2.05) is 34.9 Å². The Balaban J connectivity index is 1.46. The molecule has 1 saturated heterocycles. The molecule has 1 aromatic carbocycles. The van der Waals surface area contributed by atoms with Gasteiger partial charge in [0.25, 0.3) is 5.91 Å². The van der Waals surface area contributed by atoms with E-state index >= 15 is 0 Å². The second kappa shape index (κ2) is 6.63. The Morgan fingerprint density at radius 1 is 1.21 bits per heavy atom. The molecule has 1 aliphatic rings. The predicted octanol–water partition coefficient (Wildman–Crippen LogP) is 2.46. The summed E-state index contributed by atoms with van der Waals surface area (Å²) in [6.45, 7) is 1.55. The number of fused-ring (bicyclic) bond motifs is 2. The number of nitrogens with one attached hydrogen (secondary N) is 1. The van der Waals surface area contributed by atoms with Crippen LogP contribution in [0.25, 0.3) is 21.3 Å². The van der Waals surface area contributed by atoms with Gasteiger partial charge in [-0.25, -0.2) is 9.78 Å². The van der Waals surface area contributed by atoms with Crippen molar-refractivity contribution in [2.75, 3.05) is 23.7 Å². The van der Waals surface area contributed by atoms with Crippen LogP contribution in [0.5, 0.6) is 0 Å². The molecule has 0 unspecified atom stereocenters. The molecule has 1 fully saturated rings. The van der Waals surface area contributed by atoms with Gasteiger partial charge >= 0.3 is 5.69 Å². The minimum absolute atomic E-state index is 0.0656. The van der Waals surface area contributed by atoms with E-state index in [4.69, 9.17) is 11.5 Å². The first-order valence-corrected chi connectivity index (χ1v) is 10.3. The number of piperidine rings is 1. The number of aromatic amines is 1. The van der Waals surface area contributed by atoms with E-state index in [1.54, 1.807) is 6.20 Å². The third-order valence-corrected chi connectivity index (χ3v) is 6.75. The fourth-order valence-corrected chi connectivity index (χ4v) is 5.21. The number of hydrogen-bond donors (Lipinski definition) is 3. The average Bonchev–Trinajstić information content (AvgIpc) is 3.24. The lowest BCUT2D eigenvalue weighted by atomic mass is 10.0. The van der Waals surface area contributed by atoms with Gasteiger partial charge < -0.3 is 21.4 Å². The minimum atomic E-state index is -0.533. The van der Waals surface area contributed by atoms with Crippen molar-refractivity contribution in [1.82, 2.24) is 14.5 Å². The molecule has 4 aromatic rings. The smallest absolute Gasteiger partial charge is 0.326 e. The van der Waals surface area contributed by atoms with Crippen LogP contribution in [0, 0.1) is 0 Å². The number of aromatic nitrogens is 3. The molecule has 3 aromatic heterocycles. The molecular weight excluding hydrogens is 388 g/mol. The Kier molecular flexibility index (Phi) is 4.06. The van der Waals surface area contributed by atoms with Crippen LogP contribution in [0.1, 0.15) is 28.6 Å². The Labute approximate surface area is 169 Å². The Hall–Kier alpha value is -3.33. The third kappa shape index (κ3) is 2.77. The van der Waals surface area contributed by atoms with Crippen LogP contribution in [-0.2, 0) is 0 Å². The van der Waals surface area contributed by atoms with Gasteiger partial charge in [-0.05, 0) is 31.0 Å². The van der Waals surface area contributed by atoms with Crippen LogP contribution in [0.4, 0.5) is 11.4 Å². The third-order valence-electron chi connectivity index (χ3n) is 5.62. The molecule has 8 nitrogen and oxygen atoms in total. The van der Waals surface area contributed by atoms with Crippen molar-refractivity contribution in [1.29, 1.82) is 0 Å². The SMILES string of the molecule is NC(=O)c1sc2nccc(N3CCC(n4c(=O)[nH]c5ccccc54)CC3)c2c1N. The minimum Gasteiger partial charge on any atom is -0.397 e. The van der Waals surface area contributed by atoms with Crippen molar-refractivity contribution in [3.63, 3.8) is 0 Å². The van der Waals surface area contributed by atoms with Gasteiger partial charge in [0, 0.05) is 25.3 Å². The summed E-state index contributed by atoms with van der Waals surface area (Å²) < 4.78 is 1.87. The van der Waals surface area contributed by atoms with Crippen LogP contribution >= 0.6 is 11.3 Å². The highest BCUT2D eigenvalue weighted by molar-refractivity contribution is 7.21. The fraction of sp³-hybridized carbons (Fsp3) is 0.250. The number of amides is 1. The largest absolute Gasteiger partial charge is 0.397 e. The number of anilines is 2. The molecule has 0 atom stereocenters. The molecule has 4 heterocycles. The number of rotatable bonds is 3. The van der Waals surface area contributed by atoms with Crippen molar-refractivity contribution in [2.45, 2.75) is 18.9 Å². The summed E-state index contributed by atoms with van der Waals surface area (Å²) in [5.41, 5.74) is 14.8. The van der Waals surface area contributed by atoms with Crippen LogP contribution in [0.3, 0.4) is 0 Å². The number of carbonyl (C=O) groups excluding carboxylic acids is 1. The van der Waals surface area contributed by atoms with Crippen LogP contribution in [0.2, 0.25) is 0 Å². The Bertz CT molecular complexity index is 1300. The zero-order valence-electron chi connectivity index (χ0n) is 15.6. The number of H-pyrrole nitrogens is 1. The molecule has 5 N–H and O–H groups in total. The topological polar surface area (TPSA) is 123 Å². The lowest BCUT2D eigenvalue weighted by molar-refractivity contribution is 0.100. The predicted molar refractivity (Wildman–Crippen MR) is 116 cm³/mol. The lowest BCUT2D eigenvalue weighted by Gasteiger charge is -2.34. The number of carbonyl (C=O) groups is 1. The normalized spacial score (nSPS) is 15.4. The summed E-state index contributed by atoms with van der Waals surface area (Å²) in [5, 5.41) is 0.786. The number of benzene rings is 1. The Morgan fingerprint density at radius 3 is 2.72 bits per heavy atom. The van der Waals surface area contributed by atoms with Crippen molar-refractivity contribution in [3.8, 4) is 0 Å². The van der Waals surface area contributed by atoms with E-state index in [2.05, 4.69) is 14.9 Å². The molecule has 1 aliphatic heterocycles. The zero-order valence-corrected chi connectivity index (χ0v) is 16.4. The number of pyridine rings is 1. The van der Waals surface area contributed by atoms with Crippen LogP contribution < -0.4 is 22.1 Å². The monoisotopic (exact) mass is 408 g/mol. The highest BCUT2D eigenvalue weighted by atomic mass is 32.1. The van der Waals surface area contributed by atoms with Gasteiger partial charge in [0.2, 0.25) is 0 Å². The van der Waals surface area contributed by atoms with Crippen molar-refractivity contribution >= 4 is 49.9 Å². The van der Waals surface area contributed by atoms with Gasteiger partial charge in [-0.2, -0.15) is 0 Å². The highest BCUT2D eigenvalue weighted by Gasteiger charge is 2.26. The van der Waals surface area contributed by atoms with Gasteiger partial charge in [-0.15, -0.1) is 11.3 Å². The molecule has 29 heavy (non-hydrogen) atoms. The molecule has 0 saturated carbocycles. The van der Waals surface area contributed by atoms with Crippen LogP contribution in [-0.4, -0.2) is 33.5 Å². The summed E-state index contributed by atoms with van der Waals surface area (Å²) in [6, 6.07) is 9.83. The van der Waals surface area contributed by atoms with Gasteiger partial charge in [0.15, 0.2) is 0 Å². The molecule has 0 aliphatic carbocycles. The maximum absolute atomic E-state index is 12.5. The van der Waals surface area contributed by atoms with E-state index in [-0.39, 0.29) is 11.7 Å². The van der Waals surface area contributed by atoms with Gasteiger partial charge in [-0.3, -0.25) is 9.36 Å². The number of nitrogens with two attached hydrogens (primary N) is 2. The maximum Gasteiger partial charge on any atom is 0.326 e. The van der Waals surface area contributed by atoms with Crippen molar-refractivity contribution < 1.29 is 4.79 Å². The summed E-state index contributed by atoms with van der Waals surface area (Å²) in [6.07, 6.45) is 3.39. The molecule has 0 bridgehead atoms. The number of primary amides is 1. The van der Waals surface area contributed by atoms with E-state index in [0.29, 0.717) is 15.4 Å².